The summed E-state index contributed by atoms with van der Waals surface area (Å²) in [7, 11) is 3.25. The molecule has 29 heavy (non-hydrogen) atoms. The number of halogens is 3. The molecule has 0 aliphatic carbocycles. The Kier molecular flexibility index (Phi) is 11.1. The Morgan fingerprint density at radius 1 is 1.00 bits per heavy atom. The van der Waals surface area contributed by atoms with Crippen LogP contribution in [0.5, 0.6) is 17.2 Å². The van der Waals surface area contributed by atoms with Gasteiger partial charge >= 0.3 is 0 Å². The van der Waals surface area contributed by atoms with Gasteiger partial charge in [-0.15, -0.1) is 24.0 Å². The second-order valence-electron chi connectivity index (χ2n) is 5.69. The number of hydrogen-bond donors (Lipinski definition) is 2. The van der Waals surface area contributed by atoms with Crippen molar-refractivity contribution in [3.05, 3.63) is 53.6 Å². The van der Waals surface area contributed by atoms with Gasteiger partial charge in [-0.1, -0.05) is 6.07 Å². The number of rotatable bonds is 9. The number of ether oxygens (including phenoxy) is 3. The van der Waals surface area contributed by atoms with Crippen molar-refractivity contribution in [2.75, 3.05) is 33.9 Å². The summed E-state index contributed by atoms with van der Waals surface area (Å²) < 4.78 is 42.5. The molecule has 0 fully saturated rings. The van der Waals surface area contributed by atoms with Crippen LogP contribution in [0.1, 0.15) is 12.5 Å². The highest BCUT2D eigenvalue weighted by atomic mass is 127. The van der Waals surface area contributed by atoms with Crippen LogP contribution in [-0.2, 0) is 6.54 Å². The monoisotopic (exact) mass is 521 g/mol. The summed E-state index contributed by atoms with van der Waals surface area (Å²) in [5, 5.41) is 6.24. The maximum absolute atomic E-state index is 13.5. The molecule has 0 saturated heterocycles. The van der Waals surface area contributed by atoms with Gasteiger partial charge in [-0.2, -0.15) is 0 Å². The Labute approximate surface area is 186 Å². The van der Waals surface area contributed by atoms with Crippen molar-refractivity contribution >= 4 is 29.9 Å². The van der Waals surface area contributed by atoms with Crippen molar-refractivity contribution < 1.29 is 23.0 Å². The van der Waals surface area contributed by atoms with E-state index in [4.69, 9.17) is 14.2 Å². The van der Waals surface area contributed by atoms with Gasteiger partial charge in [-0.3, -0.25) is 4.99 Å². The minimum Gasteiger partial charge on any atom is -0.493 e. The van der Waals surface area contributed by atoms with Crippen molar-refractivity contribution in [2.24, 2.45) is 4.99 Å². The van der Waals surface area contributed by atoms with Gasteiger partial charge in [-0.05, 0) is 36.8 Å². The minimum atomic E-state index is -0.730. The normalized spacial score (nSPS) is 10.7. The number of aliphatic imine (C=N–C) groups is 1. The molecule has 2 aromatic carbocycles. The summed E-state index contributed by atoms with van der Waals surface area (Å²) >= 11 is 0. The maximum atomic E-state index is 13.5. The first-order valence-electron chi connectivity index (χ1n) is 8.89. The van der Waals surface area contributed by atoms with E-state index >= 15 is 0 Å². The lowest BCUT2D eigenvalue weighted by atomic mass is 10.2. The van der Waals surface area contributed by atoms with Crippen molar-refractivity contribution in [1.82, 2.24) is 10.6 Å². The summed E-state index contributed by atoms with van der Waals surface area (Å²) in [6.45, 7) is 3.57. The van der Waals surface area contributed by atoms with Crippen LogP contribution in [0.4, 0.5) is 8.78 Å². The quantitative estimate of drug-likeness (QED) is 0.228. The molecule has 9 heteroatoms. The van der Waals surface area contributed by atoms with Crippen molar-refractivity contribution in [3.63, 3.8) is 0 Å². The Bertz CT molecular complexity index is 807. The summed E-state index contributed by atoms with van der Waals surface area (Å²) in [6.07, 6.45) is 0. The van der Waals surface area contributed by atoms with Crippen molar-refractivity contribution in [3.8, 4) is 17.2 Å². The Balaban J connectivity index is 0.00000420. The summed E-state index contributed by atoms with van der Waals surface area (Å²) in [5.74, 6) is 0.566. The topological polar surface area (TPSA) is 64.1 Å². The molecule has 160 valence electrons. The van der Waals surface area contributed by atoms with Gasteiger partial charge in [-0.25, -0.2) is 8.78 Å². The third-order valence-electron chi connectivity index (χ3n) is 3.76. The maximum Gasteiger partial charge on any atom is 0.191 e. The molecule has 0 aliphatic rings. The molecule has 0 bridgehead atoms. The van der Waals surface area contributed by atoms with E-state index in [9.17, 15) is 8.78 Å². The number of guanidine groups is 1. The first-order valence-corrected chi connectivity index (χ1v) is 8.89. The molecule has 6 nitrogen and oxygen atoms in total. The molecule has 0 atom stereocenters. The molecule has 2 N–H and O–H groups in total. The third-order valence-corrected chi connectivity index (χ3v) is 3.76. The highest BCUT2D eigenvalue weighted by Gasteiger charge is 2.07. The zero-order valence-electron chi connectivity index (χ0n) is 16.6. The zero-order chi connectivity index (χ0) is 20.4. The van der Waals surface area contributed by atoms with Crippen LogP contribution in [0, 0.1) is 11.6 Å². The van der Waals surface area contributed by atoms with Gasteiger partial charge in [0.05, 0.1) is 20.3 Å². The van der Waals surface area contributed by atoms with Gasteiger partial charge in [0.2, 0.25) is 0 Å². The number of nitrogens with zero attached hydrogens (tertiary/aromatic N) is 1. The minimum absolute atomic E-state index is 0. The van der Waals surface area contributed by atoms with E-state index in [-0.39, 0.29) is 36.3 Å². The van der Waals surface area contributed by atoms with Gasteiger partial charge in [0.25, 0.3) is 0 Å². The van der Waals surface area contributed by atoms with E-state index in [1.54, 1.807) is 14.2 Å². The molecule has 0 amide bonds. The molecule has 0 saturated carbocycles. The van der Waals surface area contributed by atoms with Crippen LogP contribution in [0.2, 0.25) is 0 Å². The van der Waals surface area contributed by atoms with E-state index in [1.165, 1.54) is 6.07 Å². The molecule has 0 aliphatic heterocycles. The van der Waals surface area contributed by atoms with Gasteiger partial charge in [0.1, 0.15) is 12.4 Å². The molecule has 0 unspecified atom stereocenters. The fraction of sp³-hybridized carbons (Fsp3) is 0.350. The van der Waals surface area contributed by atoms with E-state index < -0.39 is 11.6 Å². The predicted octanol–water partition coefficient (Wildman–Crippen LogP) is 3.73. The van der Waals surface area contributed by atoms with E-state index in [0.717, 1.165) is 17.7 Å². The van der Waals surface area contributed by atoms with Crippen molar-refractivity contribution in [1.29, 1.82) is 0 Å². The number of benzene rings is 2. The van der Waals surface area contributed by atoms with Crippen LogP contribution in [0.3, 0.4) is 0 Å². The van der Waals surface area contributed by atoms with Gasteiger partial charge < -0.3 is 24.8 Å². The SMILES string of the molecule is CCOc1cc(CNC(=NC)NCCOc2ccc(F)cc2F)ccc1OC.I. The average molecular weight is 521 g/mol. The van der Waals surface area contributed by atoms with E-state index in [2.05, 4.69) is 15.6 Å². The van der Waals surface area contributed by atoms with Crippen LogP contribution in [0.15, 0.2) is 41.4 Å². The fourth-order valence-corrected chi connectivity index (χ4v) is 2.43. The highest BCUT2D eigenvalue weighted by Crippen LogP contribution is 2.27. The number of methoxy groups -OCH3 is 1. The first kappa shape index (κ1) is 24.7. The Morgan fingerprint density at radius 3 is 2.41 bits per heavy atom. The first-order chi connectivity index (χ1) is 13.6. The molecule has 0 aromatic heterocycles. The van der Waals surface area contributed by atoms with E-state index in [0.29, 0.717) is 37.2 Å². The van der Waals surface area contributed by atoms with Crippen LogP contribution in [-0.4, -0.2) is 39.9 Å². The van der Waals surface area contributed by atoms with Crippen LogP contribution >= 0.6 is 24.0 Å². The van der Waals surface area contributed by atoms with Crippen LogP contribution in [0.25, 0.3) is 0 Å². The molecular weight excluding hydrogens is 495 g/mol. The lowest BCUT2D eigenvalue weighted by Gasteiger charge is -2.14. The van der Waals surface area contributed by atoms with Crippen molar-refractivity contribution in [2.45, 2.75) is 13.5 Å². The summed E-state index contributed by atoms with van der Waals surface area (Å²) in [4.78, 5) is 4.13. The van der Waals surface area contributed by atoms with Gasteiger partial charge in [0.15, 0.2) is 29.0 Å². The zero-order valence-corrected chi connectivity index (χ0v) is 19.0. The largest absolute Gasteiger partial charge is 0.493 e. The second-order valence-corrected chi connectivity index (χ2v) is 5.69. The van der Waals surface area contributed by atoms with Crippen LogP contribution < -0.4 is 24.8 Å². The van der Waals surface area contributed by atoms with E-state index in [1.807, 2.05) is 25.1 Å². The number of hydrogen-bond acceptors (Lipinski definition) is 4. The molecule has 0 heterocycles. The highest BCUT2D eigenvalue weighted by molar-refractivity contribution is 14.0. The summed E-state index contributed by atoms with van der Waals surface area (Å²) in [5.41, 5.74) is 0.997. The average Bonchev–Trinajstić information content (AvgIpc) is 2.69. The summed E-state index contributed by atoms with van der Waals surface area (Å²) in [6, 6.07) is 8.89. The third kappa shape index (κ3) is 7.92. The molecule has 2 aromatic rings. The van der Waals surface area contributed by atoms with Gasteiger partial charge in [0, 0.05) is 19.7 Å². The smallest absolute Gasteiger partial charge is 0.191 e. The standard InChI is InChI=1S/C20H25F2N3O3.HI/c1-4-27-19-11-14(5-7-18(19)26-3)13-25-20(23-2)24-9-10-28-17-8-6-15(21)12-16(17)22;/h5-8,11-12H,4,9-10,13H2,1-3H3,(H2,23,24,25);1H. The number of nitrogens with one attached hydrogen (secondary N) is 2. The Hall–Kier alpha value is -2.30. The molecule has 2 rings (SSSR count). The lowest BCUT2D eigenvalue weighted by Crippen LogP contribution is -2.38. The fourth-order valence-electron chi connectivity index (χ4n) is 2.43. The molecule has 0 spiro atoms. The Morgan fingerprint density at radius 2 is 1.76 bits per heavy atom. The molecular formula is C20H26F2IN3O3. The molecule has 0 radical (unpaired) electrons. The second kappa shape index (κ2) is 13.0. The lowest BCUT2D eigenvalue weighted by molar-refractivity contribution is 0.304. The predicted molar refractivity (Wildman–Crippen MR) is 120 cm³/mol.